The van der Waals surface area contributed by atoms with Crippen LogP contribution in [0.2, 0.25) is 0 Å². The van der Waals surface area contributed by atoms with Crippen molar-refractivity contribution in [2.24, 2.45) is 5.92 Å². The quantitative estimate of drug-likeness (QED) is 0.388. The normalized spacial score (nSPS) is 20.0. The van der Waals surface area contributed by atoms with Crippen LogP contribution in [0.1, 0.15) is 44.9 Å². The fraction of sp³-hybridized carbons (Fsp3) is 0.900. The molecule has 1 aliphatic rings. The molecule has 1 aliphatic carbocycles. The highest BCUT2D eigenvalue weighted by molar-refractivity contribution is 5.46. The van der Waals surface area contributed by atoms with Crippen LogP contribution in [0.25, 0.3) is 0 Å². The van der Waals surface area contributed by atoms with Gasteiger partial charge in [0.2, 0.25) is 0 Å². The fourth-order valence-corrected chi connectivity index (χ4v) is 1.98. The zero-order chi connectivity index (χ0) is 8.65. The van der Waals surface area contributed by atoms with E-state index in [0.717, 1.165) is 18.9 Å². The molecule has 0 unspecified atom stereocenters. The number of amides is 1. The number of hydrogen-bond donors (Lipinski definition) is 1. The Balaban J connectivity index is 2.07. The number of carbonyl (C=O) groups excluding carboxylic acids is 1. The van der Waals surface area contributed by atoms with E-state index in [0.29, 0.717) is 0 Å². The lowest BCUT2D eigenvalue weighted by Gasteiger charge is -2.12. The minimum atomic E-state index is 0.814. The van der Waals surface area contributed by atoms with Crippen LogP contribution in [0.15, 0.2) is 0 Å². The van der Waals surface area contributed by atoms with E-state index >= 15 is 0 Å². The standard InChI is InChI=1S/C10H18NO/c12-9-11-8-7-10-5-3-1-2-4-6-10/h10H,1-8H2,(H,11,12). The van der Waals surface area contributed by atoms with Crippen LogP contribution in [-0.2, 0) is 4.79 Å². The van der Waals surface area contributed by atoms with E-state index in [2.05, 4.69) is 5.32 Å². The van der Waals surface area contributed by atoms with Crippen molar-refractivity contribution in [2.75, 3.05) is 6.54 Å². The molecule has 0 aromatic carbocycles. The molecule has 1 amide bonds. The lowest BCUT2D eigenvalue weighted by atomic mass is 9.97. The molecule has 0 bridgehead atoms. The van der Waals surface area contributed by atoms with E-state index in [1.165, 1.54) is 38.5 Å². The van der Waals surface area contributed by atoms with Gasteiger partial charge in [-0.2, -0.15) is 0 Å². The molecule has 0 aromatic rings. The van der Waals surface area contributed by atoms with E-state index in [1.807, 2.05) is 0 Å². The van der Waals surface area contributed by atoms with Crippen molar-refractivity contribution in [3.63, 3.8) is 0 Å². The molecule has 1 N–H and O–H groups in total. The molecule has 1 rings (SSSR count). The van der Waals surface area contributed by atoms with Crippen molar-refractivity contribution in [1.82, 2.24) is 5.32 Å². The van der Waals surface area contributed by atoms with E-state index in [9.17, 15) is 4.79 Å². The van der Waals surface area contributed by atoms with Gasteiger partial charge in [-0.15, -0.1) is 0 Å². The first-order chi connectivity index (χ1) is 5.93. The molecule has 2 nitrogen and oxygen atoms in total. The second-order valence-electron chi connectivity index (χ2n) is 3.68. The van der Waals surface area contributed by atoms with Gasteiger partial charge in [-0.25, -0.2) is 0 Å². The van der Waals surface area contributed by atoms with Crippen molar-refractivity contribution < 1.29 is 4.79 Å². The first-order valence-electron chi connectivity index (χ1n) is 5.03. The summed E-state index contributed by atoms with van der Waals surface area (Å²) in [7, 11) is 0. The molecule has 12 heavy (non-hydrogen) atoms. The van der Waals surface area contributed by atoms with Crippen LogP contribution in [0.5, 0.6) is 0 Å². The Hall–Kier alpha value is -0.530. The van der Waals surface area contributed by atoms with Gasteiger partial charge in [-0.05, 0) is 12.3 Å². The van der Waals surface area contributed by atoms with Crippen LogP contribution >= 0.6 is 0 Å². The highest BCUT2D eigenvalue weighted by Crippen LogP contribution is 2.24. The van der Waals surface area contributed by atoms with Gasteiger partial charge >= 0.3 is 6.41 Å². The first-order valence-corrected chi connectivity index (χ1v) is 5.03. The van der Waals surface area contributed by atoms with Gasteiger partial charge in [0.1, 0.15) is 0 Å². The summed E-state index contributed by atoms with van der Waals surface area (Å²) in [5.74, 6) is 0.855. The smallest absolute Gasteiger partial charge is 0.309 e. The van der Waals surface area contributed by atoms with Crippen LogP contribution in [0, 0.1) is 5.92 Å². The van der Waals surface area contributed by atoms with Gasteiger partial charge < -0.3 is 5.32 Å². The molecular formula is C10H18NO. The molecule has 0 spiro atoms. The molecule has 2 heteroatoms. The Bertz CT molecular complexity index is 117. The molecule has 0 aliphatic heterocycles. The van der Waals surface area contributed by atoms with E-state index in [1.54, 1.807) is 6.41 Å². The maximum atomic E-state index is 9.88. The predicted octanol–water partition coefficient (Wildman–Crippen LogP) is 2.00. The minimum Gasteiger partial charge on any atom is -0.348 e. The van der Waals surface area contributed by atoms with Crippen LogP contribution in [-0.4, -0.2) is 13.0 Å². The summed E-state index contributed by atoms with van der Waals surface area (Å²) in [6, 6.07) is 0. The Kier molecular flexibility index (Phi) is 4.81. The Morgan fingerprint density at radius 3 is 2.42 bits per heavy atom. The van der Waals surface area contributed by atoms with Crippen molar-refractivity contribution >= 4 is 6.41 Å². The van der Waals surface area contributed by atoms with Crippen LogP contribution < -0.4 is 5.32 Å². The third-order valence-electron chi connectivity index (χ3n) is 2.72. The van der Waals surface area contributed by atoms with E-state index in [-0.39, 0.29) is 0 Å². The molecule has 0 saturated heterocycles. The Morgan fingerprint density at radius 1 is 1.17 bits per heavy atom. The molecule has 1 fully saturated rings. The molecule has 0 aromatic heterocycles. The van der Waals surface area contributed by atoms with Gasteiger partial charge in [0.25, 0.3) is 0 Å². The van der Waals surface area contributed by atoms with Crippen LogP contribution in [0.3, 0.4) is 0 Å². The van der Waals surface area contributed by atoms with Gasteiger partial charge in [0.05, 0.1) is 0 Å². The third kappa shape index (κ3) is 3.74. The Morgan fingerprint density at radius 2 is 1.83 bits per heavy atom. The first kappa shape index (κ1) is 9.56. The van der Waals surface area contributed by atoms with Crippen molar-refractivity contribution in [2.45, 2.75) is 44.9 Å². The average molecular weight is 168 g/mol. The van der Waals surface area contributed by atoms with Gasteiger partial charge in [0.15, 0.2) is 0 Å². The summed E-state index contributed by atoms with van der Waals surface area (Å²) in [6.45, 7) is 0.814. The zero-order valence-electron chi connectivity index (χ0n) is 7.64. The largest absolute Gasteiger partial charge is 0.348 e. The lowest BCUT2D eigenvalue weighted by Crippen LogP contribution is -2.15. The molecule has 1 radical (unpaired) electrons. The number of rotatable bonds is 4. The lowest BCUT2D eigenvalue weighted by molar-refractivity contribution is 0.424. The van der Waals surface area contributed by atoms with Crippen molar-refractivity contribution in [3.05, 3.63) is 0 Å². The third-order valence-corrected chi connectivity index (χ3v) is 2.72. The summed E-state index contributed by atoms with van der Waals surface area (Å²) in [6.07, 6.45) is 11.2. The van der Waals surface area contributed by atoms with Gasteiger partial charge in [0, 0.05) is 6.54 Å². The molecule has 1 saturated carbocycles. The molecule has 0 atom stereocenters. The fourth-order valence-electron chi connectivity index (χ4n) is 1.98. The predicted molar refractivity (Wildman–Crippen MR) is 49.5 cm³/mol. The maximum Gasteiger partial charge on any atom is 0.309 e. The SMILES string of the molecule is O=[C]NCCC1CCCCCC1. The van der Waals surface area contributed by atoms with Crippen molar-refractivity contribution in [3.8, 4) is 0 Å². The molecule has 0 heterocycles. The number of hydrogen-bond acceptors (Lipinski definition) is 1. The highest BCUT2D eigenvalue weighted by atomic mass is 16.1. The molecule has 69 valence electrons. The van der Waals surface area contributed by atoms with E-state index in [4.69, 9.17) is 0 Å². The second-order valence-corrected chi connectivity index (χ2v) is 3.68. The minimum absolute atomic E-state index is 0.814. The highest BCUT2D eigenvalue weighted by Gasteiger charge is 2.10. The average Bonchev–Trinajstić information content (AvgIpc) is 2.33. The van der Waals surface area contributed by atoms with Crippen molar-refractivity contribution in [1.29, 1.82) is 0 Å². The topological polar surface area (TPSA) is 29.1 Å². The monoisotopic (exact) mass is 168 g/mol. The van der Waals surface area contributed by atoms with Crippen LogP contribution in [0.4, 0.5) is 0 Å². The Labute approximate surface area is 74.7 Å². The summed E-state index contributed by atoms with van der Waals surface area (Å²) < 4.78 is 0. The van der Waals surface area contributed by atoms with E-state index < -0.39 is 0 Å². The summed E-state index contributed by atoms with van der Waals surface area (Å²) in [4.78, 5) is 9.88. The molecular weight excluding hydrogens is 150 g/mol. The number of nitrogens with one attached hydrogen (secondary N) is 1. The van der Waals surface area contributed by atoms with Gasteiger partial charge in [-0.3, -0.25) is 4.79 Å². The van der Waals surface area contributed by atoms with Gasteiger partial charge in [-0.1, -0.05) is 38.5 Å². The maximum absolute atomic E-state index is 9.88. The summed E-state index contributed by atoms with van der Waals surface area (Å²) in [5.41, 5.74) is 0. The summed E-state index contributed by atoms with van der Waals surface area (Å²) in [5, 5.41) is 2.61. The zero-order valence-corrected chi connectivity index (χ0v) is 7.64. The summed E-state index contributed by atoms with van der Waals surface area (Å²) >= 11 is 0. The second kappa shape index (κ2) is 6.04.